The molecule has 1 aromatic rings. The molecule has 0 aliphatic carbocycles. The van der Waals surface area contributed by atoms with E-state index in [-0.39, 0.29) is 17.2 Å². The zero-order valence-corrected chi connectivity index (χ0v) is 15.3. The van der Waals surface area contributed by atoms with Gasteiger partial charge >= 0.3 is 0 Å². The highest BCUT2D eigenvalue weighted by Crippen LogP contribution is 2.17. The lowest BCUT2D eigenvalue weighted by Gasteiger charge is -2.23. The third-order valence-electron chi connectivity index (χ3n) is 3.13. The maximum absolute atomic E-state index is 12.2. The third kappa shape index (κ3) is 6.46. The van der Waals surface area contributed by atoms with Crippen molar-refractivity contribution in [2.45, 2.75) is 44.0 Å². The van der Waals surface area contributed by atoms with Crippen LogP contribution in [-0.4, -0.2) is 34.7 Å². The molecule has 9 heteroatoms. The van der Waals surface area contributed by atoms with Gasteiger partial charge in [0.25, 0.3) is 0 Å². The SMILES string of the molecule is CCCCS(=O)(=O)Nc1ccc(S(=O)(=O)NC(C)(C)CN)cc1. The highest BCUT2D eigenvalue weighted by atomic mass is 32.2. The van der Waals surface area contributed by atoms with E-state index in [2.05, 4.69) is 9.44 Å². The molecule has 0 saturated carbocycles. The van der Waals surface area contributed by atoms with Crippen molar-refractivity contribution in [2.75, 3.05) is 17.0 Å². The van der Waals surface area contributed by atoms with E-state index in [4.69, 9.17) is 5.73 Å². The van der Waals surface area contributed by atoms with Crippen molar-refractivity contribution < 1.29 is 16.8 Å². The van der Waals surface area contributed by atoms with Crippen LogP contribution < -0.4 is 15.2 Å². The summed E-state index contributed by atoms with van der Waals surface area (Å²) in [5, 5.41) is 0. The van der Waals surface area contributed by atoms with Crippen LogP contribution in [0.1, 0.15) is 33.6 Å². The topological polar surface area (TPSA) is 118 Å². The second kappa shape index (κ2) is 7.61. The summed E-state index contributed by atoms with van der Waals surface area (Å²) in [5.74, 6) is 0.0375. The van der Waals surface area contributed by atoms with E-state index in [0.29, 0.717) is 12.1 Å². The fourth-order valence-electron chi connectivity index (χ4n) is 1.73. The van der Waals surface area contributed by atoms with Gasteiger partial charge < -0.3 is 5.73 Å². The number of hydrogen-bond acceptors (Lipinski definition) is 5. The van der Waals surface area contributed by atoms with Crippen molar-refractivity contribution in [3.8, 4) is 0 Å². The van der Waals surface area contributed by atoms with Crippen molar-refractivity contribution in [1.82, 2.24) is 4.72 Å². The monoisotopic (exact) mass is 363 g/mol. The Balaban J connectivity index is 2.88. The van der Waals surface area contributed by atoms with Gasteiger partial charge in [0.15, 0.2) is 0 Å². The Morgan fingerprint density at radius 2 is 1.65 bits per heavy atom. The van der Waals surface area contributed by atoms with Crippen LogP contribution in [0.4, 0.5) is 5.69 Å². The van der Waals surface area contributed by atoms with Crippen LogP contribution in [0, 0.1) is 0 Å². The predicted octanol–water partition coefficient (Wildman–Crippen LogP) is 1.24. The second-order valence-corrected chi connectivity index (χ2v) is 9.52. The third-order valence-corrected chi connectivity index (χ3v) is 6.21. The minimum Gasteiger partial charge on any atom is -0.329 e. The summed E-state index contributed by atoms with van der Waals surface area (Å²) in [7, 11) is -7.12. The molecule has 0 bridgehead atoms. The highest BCUT2D eigenvalue weighted by molar-refractivity contribution is 7.92. The van der Waals surface area contributed by atoms with Crippen molar-refractivity contribution in [3.63, 3.8) is 0 Å². The van der Waals surface area contributed by atoms with Crippen molar-refractivity contribution >= 4 is 25.7 Å². The molecule has 4 N–H and O–H groups in total. The van der Waals surface area contributed by atoms with Crippen LogP contribution in [0.5, 0.6) is 0 Å². The molecule has 1 rings (SSSR count). The molecule has 0 amide bonds. The summed E-state index contributed by atoms with van der Waals surface area (Å²) >= 11 is 0. The predicted molar refractivity (Wildman–Crippen MR) is 92.2 cm³/mol. The van der Waals surface area contributed by atoms with Crippen molar-refractivity contribution in [2.24, 2.45) is 5.73 Å². The Hall–Kier alpha value is -1.16. The number of nitrogens with one attached hydrogen (secondary N) is 2. The number of rotatable bonds is 9. The molecule has 0 unspecified atom stereocenters. The number of nitrogens with two attached hydrogens (primary N) is 1. The molecule has 1 aromatic carbocycles. The molecule has 0 aromatic heterocycles. The molecule has 0 radical (unpaired) electrons. The van der Waals surface area contributed by atoms with Gasteiger partial charge in [-0.1, -0.05) is 13.3 Å². The molecule has 0 aliphatic rings. The van der Waals surface area contributed by atoms with E-state index < -0.39 is 25.6 Å². The second-order valence-electron chi connectivity index (χ2n) is 5.99. The Morgan fingerprint density at radius 3 is 2.13 bits per heavy atom. The van der Waals surface area contributed by atoms with E-state index >= 15 is 0 Å². The zero-order chi connectivity index (χ0) is 17.7. The highest BCUT2D eigenvalue weighted by Gasteiger charge is 2.24. The Labute approximate surface area is 138 Å². The fraction of sp³-hybridized carbons (Fsp3) is 0.571. The average molecular weight is 364 g/mol. The van der Waals surface area contributed by atoms with Crippen LogP contribution in [0.3, 0.4) is 0 Å². The maximum Gasteiger partial charge on any atom is 0.241 e. The molecule has 23 heavy (non-hydrogen) atoms. The number of hydrogen-bond donors (Lipinski definition) is 3. The normalized spacial score (nSPS) is 13.0. The molecular formula is C14H25N3O4S2. The number of sulfonamides is 2. The summed E-state index contributed by atoms with van der Waals surface area (Å²) in [6.45, 7) is 5.42. The van der Waals surface area contributed by atoms with Gasteiger partial charge in [0.1, 0.15) is 0 Å². The van der Waals surface area contributed by atoms with Gasteiger partial charge in [-0.15, -0.1) is 0 Å². The van der Waals surface area contributed by atoms with E-state index in [9.17, 15) is 16.8 Å². The molecule has 132 valence electrons. The van der Waals surface area contributed by atoms with Crippen LogP contribution in [0.15, 0.2) is 29.2 Å². The van der Waals surface area contributed by atoms with Crippen LogP contribution in [0.2, 0.25) is 0 Å². The van der Waals surface area contributed by atoms with E-state index in [0.717, 1.165) is 6.42 Å². The van der Waals surface area contributed by atoms with Crippen LogP contribution >= 0.6 is 0 Å². The zero-order valence-electron chi connectivity index (χ0n) is 13.7. The fourth-order valence-corrected chi connectivity index (χ4v) is 4.42. The Bertz CT molecular complexity index is 711. The quantitative estimate of drug-likeness (QED) is 0.610. The smallest absolute Gasteiger partial charge is 0.241 e. The van der Waals surface area contributed by atoms with Crippen molar-refractivity contribution in [3.05, 3.63) is 24.3 Å². The first-order valence-corrected chi connectivity index (χ1v) is 10.5. The summed E-state index contributed by atoms with van der Waals surface area (Å²) in [5.41, 5.74) is 5.09. The molecule has 0 saturated heterocycles. The van der Waals surface area contributed by atoms with Crippen molar-refractivity contribution in [1.29, 1.82) is 0 Å². The molecule has 0 heterocycles. The lowest BCUT2D eigenvalue weighted by Crippen LogP contribution is -2.48. The lowest BCUT2D eigenvalue weighted by atomic mass is 10.1. The first kappa shape index (κ1) is 19.9. The summed E-state index contributed by atoms with van der Waals surface area (Å²) in [6, 6.07) is 5.56. The van der Waals surface area contributed by atoms with Gasteiger partial charge in [0.2, 0.25) is 20.0 Å². The molecule has 0 atom stereocenters. The molecular weight excluding hydrogens is 338 g/mol. The van der Waals surface area contributed by atoms with Gasteiger partial charge in [-0.2, -0.15) is 0 Å². The summed E-state index contributed by atoms with van der Waals surface area (Å²) in [6.07, 6.45) is 1.35. The van der Waals surface area contributed by atoms with Crippen LogP contribution in [-0.2, 0) is 20.0 Å². The van der Waals surface area contributed by atoms with Gasteiger partial charge in [0, 0.05) is 17.8 Å². The summed E-state index contributed by atoms with van der Waals surface area (Å²) in [4.78, 5) is 0.0514. The first-order chi connectivity index (χ1) is 10.5. The van der Waals surface area contributed by atoms with Gasteiger partial charge in [0.05, 0.1) is 10.6 Å². The Kier molecular flexibility index (Phi) is 6.58. The minimum atomic E-state index is -3.71. The standard InChI is InChI=1S/C14H25N3O4S2/c1-4-5-10-22(18,19)16-12-6-8-13(9-7-12)23(20,21)17-14(2,3)11-15/h6-9,16-17H,4-5,10-11,15H2,1-3H3. The van der Waals surface area contributed by atoms with E-state index in [1.54, 1.807) is 13.8 Å². The summed E-state index contributed by atoms with van der Waals surface area (Å²) < 4.78 is 53.0. The van der Waals surface area contributed by atoms with Gasteiger partial charge in [-0.25, -0.2) is 21.6 Å². The lowest BCUT2D eigenvalue weighted by molar-refractivity contribution is 0.462. The first-order valence-electron chi connectivity index (χ1n) is 7.36. The van der Waals surface area contributed by atoms with E-state index in [1.807, 2.05) is 6.92 Å². The molecule has 0 aliphatic heterocycles. The minimum absolute atomic E-state index is 0.0375. The largest absolute Gasteiger partial charge is 0.329 e. The average Bonchev–Trinajstić information content (AvgIpc) is 2.44. The molecule has 0 spiro atoms. The number of benzene rings is 1. The van der Waals surface area contributed by atoms with Crippen LogP contribution in [0.25, 0.3) is 0 Å². The number of unbranched alkanes of at least 4 members (excludes halogenated alkanes) is 1. The van der Waals surface area contributed by atoms with Gasteiger partial charge in [-0.05, 0) is 44.5 Å². The molecule has 0 fully saturated rings. The Morgan fingerprint density at radius 1 is 1.09 bits per heavy atom. The number of anilines is 1. The van der Waals surface area contributed by atoms with Gasteiger partial charge in [-0.3, -0.25) is 4.72 Å². The van der Waals surface area contributed by atoms with E-state index in [1.165, 1.54) is 24.3 Å². The molecule has 7 nitrogen and oxygen atoms in total. The maximum atomic E-state index is 12.2.